The second-order valence-corrected chi connectivity index (χ2v) is 4.38. The Kier molecular flexibility index (Phi) is 4.18. The van der Waals surface area contributed by atoms with Crippen LogP contribution < -0.4 is 16.6 Å². The van der Waals surface area contributed by atoms with E-state index in [-0.39, 0.29) is 5.95 Å². The summed E-state index contributed by atoms with van der Waals surface area (Å²) >= 11 is 0. The number of nitrogens with one attached hydrogen (secondary N) is 2. The van der Waals surface area contributed by atoms with Gasteiger partial charge in [-0.3, -0.25) is 5.43 Å². The smallest absolute Gasteiger partial charge is 0.258 e. The molecule has 19 heavy (non-hydrogen) atoms. The zero-order chi connectivity index (χ0) is 13.7. The van der Waals surface area contributed by atoms with E-state index in [9.17, 15) is 0 Å². The van der Waals surface area contributed by atoms with Crippen LogP contribution in [0, 0.1) is 5.92 Å². The van der Waals surface area contributed by atoms with Gasteiger partial charge in [0.2, 0.25) is 11.9 Å². The SMILES string of the molecule is CC(C)CCNc1nc(NN)nc(-n2cncn2)n1. The Morgan fingerprint density at radius 3 is 2.68 bits per heavy atom. The first kappa shape index (κ1) is 13.1. The van der Waals surface area contributed by atoms with Crippen LogP contribution in [0.5, 0.6) is 0 Å². The van der Waals surface area contributed by atoms with Crippen LogP contribution in [-0.2, 0) is 0 Å². The van der Waals surface area contributed by atoms with E-state index in [1.165, 1.54) is 17.3 Å². The third kappa shape index (κ3) is 3.58. The Bertz CT molecular complexity index is 508. The van der Waals surface area contributed by atoms with Gasteiger partial charge >= 0.3 is 0 Å². The molecule has 102 valence electrons. The Hall–Kier alpha value is -2.29. The first-order chi connectivity index (χ1) is 9.19. The number of hydrogen-bond acceptors (Lipinski definition) is 8. The zero-order valence-electron chi connectivity index (χ0n) is 10.9. The monoisotopic (exact) mass is 263 g/mol. The maximum atomic E-state index is 5.34. The number of nitrogens with two attached hydrogens (primary N) is 1. The predicted molar refractivity (Wildman–Crippen MR) is 70.5 cm³/mol. The van der Waals surface area contributed by atoms with Crippen molar-refractivity contribution in [1.29, 1.82) is 0 Å². The standard InChI is InChI=1S/C10H17N9/c1-7(2)3-4-13-8-15-9(18-11)17-10(16-8)19-6-12-5-14-19/h5-7H,3-4,11H2,1-2H3,(H2,13,15,16,17,18). The van der Waals surface area contributed by atoms with E-state index in [0.29, 0.717) is 17.8 Å². The maximum Gasteiger partial charge on any atom is 0.258 e. The summed E-state index contributed by atoms with van der Waals surface area (Å²) in [5.41, 5.74) is 2.41. The molecule has 2 aromatic rings. The van der Waals surface area contributed by atoms with E-state index >= 15 is 0 Å². The molecule has 9 heteroatoms. The minimum Gasteiger partial charge on any atom is -0.354 e. The number of nitrogen functional groups attached to an aromatic ring is 1. The fourth-order valence-electron chi connectivity index (χ4n) is 1.39. The summed E-state index contributed by atoms with van der Waals surface area (Å²) in [6.07, 6.45) is 3.94. The Morgan fingerprint density at radius 1 is 1.26 bits per heavy atom. The number of nitrogens with zero attached hydrogens (tertiary/aromatic N) is 6. The normalized spacial score (nSPS) is 10.7. The second-order valence-electron chi connectivity index (χ2n) is 4.38. The van der Waals surface area contributed by atoms with Gasteiger partial charge in [0, 0.05) is 6.54 Å². The van der Waals surface area contributed by atoms with E-state index in [0.717, 1.165) is 13.0 Å². The molecule has 2 aromatic heterocycles. The number of anilines is 2. The molecular formula is C10H17N9. The van der Waals surface area contributed by atoms with Crippen LogP contribution in [0.15, 0.2) is 12.7 Å². The van der Waals surface area contributed by atoms with Gasteiger partial charge < -0.3 is 5.32 Å². The highest BCUT2D eigenvalue weighted by molar-refractivity contribution is 5.36. The summed E-state index contributed by atoms with van der Waals surface area (Å²) in [6.45, 7) is 5.09. The van der Waals surface area contributed by atoms with Crippen LogP contribution in [0.1, 0.15) is 20.3 Å². The van der Waals surface area contributed by atoms with Gasteiger partial charge in [-0.25, -0.2) is 10.8 Å². The van der Waals surface area contributed by atoms with E-state index < -0.39 is 0 Å². The molecule has 0 fully saturated rings. The highest BCUT2D eigenvalue weighted by Gasteiger charge is 2.08. The first-order valence-corrected chi connectivity index (χ1v) is 6.00. The summed E-state index contributed by atoms with van der Waals surface area (Å²) in [5, 5.41) is 7.10. The van der Waals surface area contributed by atoms with Crippen LogP contribution in [0.2, 0.25) is 0 Å². The summed E-state index contributed by atoms with van der Waals surface area (Å²) in [4.78, 5) is 16.3. The average Bonchev–Trinajstić information content (AvgIpc) is 2.92. The van der Waals surface area contributed by atoms with Crippen molar-refractivity contribution in [2.45, 2.75) is 20.3 Å². The average molecular weight is 263 g/mol. The molecule has 0 saturated heterocycles. The van der Waals surface area contributed by atoms with Crippen molar-refractivity contribution >= 4 is 11.9 Å². The third-order valence-corrected chi connectivity index (χ3v) is 2.38. The lowest BCUT2D eigenvalue weighted by Crippen LogP contribution is -2.16. The molecule has 0 bridgehead atoms. The van der Waals surface area contributed by atoms with Crippen LogP contribution in [-0.4, -0.2) is 36.3 Å². The Morgan fingerprint density at radius 2 is 2.05 bits per heavy atom. The van der Waals surface area contributed by atoms with Crippen molar-refractivity contribution < 1.29 is 0 Å². The van der Waals surface area contributed by atoms with Crippen LogP contribution >= 0.6 is 0 Å². The topological polar surface area (TPSA) is 119 Å². The van der Waals surface area contributed by atoms with Crippen LogP contribution in [0.3, 0.4) is 0 Å². The number of hydrazine groups is 1. The largest absolute Gasteiger partial charge is 0.354 e. The van der Waals surface area contributed by atoms with E-state index in [1.54, 1.807) is 0 Å². The molecule has 0 atom stereocenters. The lowest BCUT2D eigenvalue weighted by Gasteiger charge is -2.09. The summed E-state index contributed by atoms with van der Waals surface area (Å²) in [5.74, 6) is 7.03. The lowest BCUT2D eigenvalue weighted by atomic mass is 10.1. The fourth-order valence-corrected chi connectivity index (χ4v) is 1.39. The molecule has 2 heterocycles. The number of aromatic nitrogens is 6. The van der Waals surface area contributed by atoms with Gasteiger partial charge in [0.1, 0.15) is 12.7 Å². The van der Waals surface area contributed by atoms with Crippen molar-refractivity contribution in [2.75, 3.05) is 17.3 Å². The van der Waals surface area contributed by atoms with Crippen LogP contribution in [0.25, 0.3) is 5.95 Å². The van der Waals surface area contributed by atoms with Crippen LogP contribution in [0.4, 0.5) is 11.9 Å². The van der Waals surface area contributed by atoms with Gasteiger partial charge in [-0.05, 0) is 12.3 Å². The molecule has 0 aliphatic carbocycles. The van der Waals surface area contributed by atoms with Crippen molar-refractivity contribution in [3.8, 4) is 5.95 Å². The molecule has 0 aliphatic rings. The van der Waals surface area contributed by atoms with Crippen molar-refractivity contribution in [3.05, 3.63) is 12.7 Å². The second kappa shape index (κ2) is 6.05. The molecule has 9 nitrogen and oxygen atoms in total. The first-order valence-electron chi connectivity index (χ1n) is 6.00. The van der Waals surface area contributed by atoms with Gasteiger partial charge in [-0.1, -0.05) is 13.8 Å². The van der Waals surface area contributed by atoms with E-state index in [2.05, 4.69) is 49.6 Å². The highest BCUT2D eigenvalue weighted by Crippen LogP contribution is 2.08. The zero-order valence-corrected chi connectivity index (χ0v) is 10.9. The molecule has 0 spiro atoms. The molecule has 0 aliphatic heterocycles. The number of rotatable bonds is 6. The van der Waals surface area contributed by atoms with Gasteiger partial charge in [0.05, 0.1) is 0 Å². The fraction of sp³-hybridized carbons (Fsp3) is 0.500. The van der Waals surface area contributed by atoms with Gasteiger partial charge in [0.15, 0.2) is 0 Å². The summed E-state index contributed by atoms with van der Waals surface area (Å²) in [6, 6.07) is 0. The van der Waals surface area contributed by atoms with Gasteiger partial charge in [-0.2, -0.15) is 24.7 Å². The minimum absolute atomic E-state index is 0.271. The molecule has 0 radical (unpaired) electrons. The molecule has 0 unspecified atom stereocenters. The molecule has 2 rings (SSSR count). The van der Waals surface area contributed by atoms with Crippen molar-refractivity contribution in [2.24, 2.45) is 11.8 Å². The third-order valence-electron chi connectivity index (χ3n) is 2.38. The van der Waals surface area contributed by atoms with E-state index in [1.807, 2.05) is 0 Å². The van der Waals surface area contributed by atoms with Crippen molar-refractivity contribution in [1.82, 2.24) is 29.7 Å². The Balaban J connectivity index is 2.16. The molecule has 4 N–H and O–H groups in total. The predicted octanol–water partition coefficient (Wildman–Crippen LogP) is 0.196. The molecule has 0 saturated carbocycles. The lowest BCUT2D eigenvalue weighted by molar-refractivity contribution is 0.605. The summed E-state index contributed by atoms with van der Waals surface area (Å²) < 4.78 is 1.44. The van der Waals surface area contributed by atoms with E-state index in [4.69, 9.17) is 5.84 Å². The quantitative estimate of drug-likeness (QED) is 0.499. The summed E-state index contributed by atoms with van der Waals surface area (Å²) in [7, 11) is 0. The number of hydrogen-bond donors (Lipinski definition) is 3. The maximum absolute atomic E-state index is 5.34. The minimum atomic E-state index is 0.271. The molecule has 0 aromatic carbocycles. The highest BCUT2D eigenvalue weighted by atomic mass is 15.4. The Labute approximate surface area is 110 Å². The molecular weight excluding hydrogens is 246 g/mol. The van der Waals surface area contributed by atoms with Crippen molar-refractivity contribution in [3.63, 3.8) is 0 Å². The van der Waals surface area contributed by atoms with Gasteiger partial charge in [0.25, 0.3) is 5.95 Å². The van der Waals surface area contributed by atoms with Gasteiger partial charge in [-0.15, -0.1) is 0 Å². The molecule has 0 amide bonds.